The summed E-state index contributed by atoms with van der Waals surface area (Å²) in [6.45, 7) is 0.583. The van der Waals surface area contributed by atoms with Gasteiger partial charge in [-0.25, -0.2) is 0 Å². The summed E-state index contributed by atoms with van der Waals surface area (Å²) in [6.07, 6.45) is 1.87. The molecule has 0 amide bonds. The normalized spacial score (nSPS) is 11.8. The fourth-order valence-corrected chi connectivity index (χ4v) is 6.02. The molecule has 8 rings (SSSR count). The average molecular weight is 557 g/mol. The van der Waals surface area contributed by atoms with Gasteiger partial charge in [-0.15, -0.1) is 0 Å². The highest BCUT2D eigenvalue weighted by molar-refractivity contribution is 6.11. The van der Waals surface area contributed by atoms with Gasteiger partial charge in [-0.1, -0.05) is 66.7 Å². The molecule has 0 aliphatic rings. The number of para-hydroxylation sites is 4. The van der Waals surface area contributed by atoms with Gasteiger partial charge >= 0.3 is 0 Å². The highest BCUT2D eigenvalue weighted by Crippen LogP contribution is 2.37. The Morgan fingerprint density at radius 2 is 1.30 bits per heavy atom. The maximum atomic E-state index is 6.28. The SMILES string of the molecule is Nc1ccccc1NCC=Nc1cccc(-c2ccc3oc4ccc(-n5c6ccccc6c6ccccc65)cc4c3c2)c1. The fraction of sp³-hybridized carbons (Fsp3) is 0.0263. The zero-order valence-electron chi connectivity index (χ0n) is 23.4. The molecular formula is C38H28N4O. The van der Waals surface area contributed by atoms with Crippen molar-refractivity contribution >= 4 is 67.0 Å². The predicted octanol–water partition coefficient (Wildman–Crippen LogP) is 9.75. The number of rotatable bonds is 6. The van der Waals surface area contributed by atoms with Crippen LogP contribution in [0.25, 0.3) is 60.6 Å². The number of aliphatic imine (C=N–C) groups is 1. The van der Waals surface area contributed by atoms with E-state index in [1.165, 1.54) is 21.8 Å². The first-order valence-electron chi connectivity index (χ1n) is 14.4. The van der Waals surface area contributed by atoms with Gasteiger partial charge in [-0.2, -0.15) is 0 Å². The number of nitrogen functional groups attached to an aromatic ring is 1. The molecule has 2 heterocycles. The van der Waals surface area contributed by atoms with Crippen molar-refractivity contribution in [3.8, 4) is 16.8 Å². The van der Waals surface area contributed by atoms with Gasteiger partial charge in [0.15, 0.2) is 0 Å². The summed E-state index contributed by atoms with van der Waals surface area (Å²) in [7, 11) is 0. The summed E-state index contributed by atoms with van der Waals surface area (Å²) in [6, 6.07) is 46.1. The van der Waals surface area contributed by atoms with E-state index < -0.39 is 0 Å². The molecule has 0 atom stereocenters. The van der Waals surface area contributed by atoms with Gasteiger partial charge in [0.2, 0.25) is 0 Å². The molecule has 5 nitrogen and oxygen atoms in total. The van der Waals surface area contributed by atoms with E-state index in [4.69, 9.17) is 10.2 Å². The first kappa shape index (κ1) is 24.9. The lowest BCUT2D eigenvalue weighted by atomic mass is 10.0. The summed E-state index contributed by atoms with van der Waals surface area (Å²) in [5.41, 5.74) is 16.0. The lowest BCUT2D eigenvalue weighted by Crippen LogP contribution is -2.04. The Morgan fingerprint density at radius 1 is 0.628 bits per heavy atom. The molecule has 0 bridgehead atoms. The molecule has 0 aliphatic carbocycles. The molecule has 0 radical (unpaired) electrons. The van der Waals surface area contributed by atoms with Crippen molar-refractivity contribution in [1.29, 1.82) is 0 Å². The van der Waals surface area contributed by atoms with Gasteiger partial charge in [0.25, 0.3) is 0 Å². The van der Waals surface area contributed by atoms with Crippen molar-refractivity contribution in [2.75, 3.05) is 17.6 Å². The van der Waals surface area contributed by atoms with Crippen LogP contribution in [0.4, 0.5) is 17.1 Å². The second-order valence-electron chi connectivity index (χ2n) is 10.7. The van der Waals surface area contributed by atoms with Gasteiger partial charge in [0.1, 0.15) is 11.2 Å². The number of aromatic nitrogens is 1. The summed E-state index contributed by atoms with van der Waals surface area (Å²) >= 11 is 0. The van der Waals surface area contributed by atoms with Crippen LogP contribution in [-0.2, 0) is 0 Å². The zero-order valence-corrected chi connectivity index (χ0v) is 23.4. The third-order valence-corrected chi connectivity index (χ3v) is 8.06. The van der Waals surface area contributed by atoms with E-state index in [0.717, 1.165) is 55.8 Å². The number of furan rings is 1. The average Bonchev–Trinajstić information content (AvgIpc) is 3.59. The van der Waals surface area contributed by atoms with Crippen LogP contribution >= 0.6 is 0 Å². The van der Waals surface area contributed by atoms with Crippen molar-refractivity contribution in [2.24, 2.45) is 4.99 Å². The van der Waals surface area contributed by atoms with Gasteiger partial charge < -0.3 is 20.0 Å². The Hall–Kier alpha value is -5.81. The molecular weight excluding hydrogens is 528 g/mol. The van der Waals surface area contributed by atoms with Crippen molar-refractivity contribution in [3.63, 3.8) is 0 Å². The highest BCUT2D eigenvalue weighted by Gasteiger charge is 2.14. The Kier molecular flexibility index (Phi) is 5.93. The molecule has 0 unspecified atom stereocenters. The summed E-state index contributed by atoms with van der Waals surface area (Å²) in [5.74, 6) is 0. The molecule has 43 heavy (non-hydrogen) atoms. The van der Waals surface area contributed by atoms with Crippen LogP contribution in [0, 0.1) is 0 Å². The highest BCUT2D eigenvalue weighted by atomic mass is 16.3. The minimum Gasteiger partial charge on any atom is -0.456 e. The predicted molar refractivity (Wildman–Crippen MR) is 181 cm³/mol. The summed E-state index contributed by atoms with van der Waals surface area (Å²) in [5, 5.41) is 8.00. The molecule has 0 saturated heterocycles. The van der Waals surface area contributed by atoms with Gasteiger partial charge in [-0.3, -0.25) is 4.99 Å². The molecule has 5 heteroatoms. The Morgan fingerprint density at radius 3 is 2.09 bits per heavy atom. The number of nitrogens with two attached hydrogens (primary N) is 1. The van der Waals surface area contributed by atoms with Gasteiger partial charge in [0, 0.05) is 33.4 Å². The molecule has 0 saturated carbocycles. The van der Waals surface area contributed by atoms with Crippen LogP contribution in [0.3, 0.4) is 0 Å². The first-order valence-corrected chi connectivity index (χ1v) is 14.4. The number of hydrogen-bond donors (Lipinski definition) is 2. The molecule has 206 valence electrons. The first-order chi connectivity index (χ1) is 21.2. The monoisotopic (exact) mass is 556 g/mol. The largest absolute Gasteiger partial charge is 0.456 e. The lowest BCUT2D eigenvalue weighted by molar-refractivity contribution is 0.669. The van der Waals surface area contributed by atoms with Gasteiger partial charge in [-0.05, 0) is 77.9 Å². The zero-order chi connectivity index (χ0) is 28.8. The van der Waals surface area contributed by atoms with E-state index in [9.17, 15) is 0 Å². The van der Waals surface area contributed by atoms with E-state index in [2.05, 4.69) is 112 Å². The minimum absolute atomic E-state index is 0.583. The number of nitrogens with one attached hydrogen (secondary N) is 1. The third-order valence-electron chi connectivity index (χ3n) is 8.06. The standard InChI is InChI=1S/C38H28N4O/c39-33-12-3-4-13-34(33)41-21-20-40-27-9-7-8-25(22-27)26-16-18-37-31(23-26)32-24-28(17-19-38(32)43-37)42-35-14-5-1-10-29(35)30-11-2-6-15-36(30)42/h1-20,22-24,41H,21,39H2. The topological polar surface area (TPSA) is 68.5 Å². The second-order valence-corrected chi connectivity index (χ2v) is 10.7. The number of anilines is 2. The van der Waals surface area contributed by atoms with E-state index in [-0.39, 0.29) is 0 Å². The smallest absolute Gasteiger partial charge is 0.135 e. The molecule has 0 fully saturated rings. The maximum absolute atomic E-state index is 6.28. The quantitative estimate of drug-likeness (QED) is 0.158. The molecule has 2 aromatic heterocycles. The van der Waals surface area contributed by atoms with Crippen LogP contribution in [0.5, 0.6) is 0 Å². The van der Waals surface area contributed by atoms with Crippen molar-refractivity contribution in [3.05, 3.63) is 133 Å². The Balaban J connectivity index is 1.15. The van der Waals surface area contributed by atoms with E-state index >= 15 is 0 Å². The van der Waals surface area contributed by atoms with Crippen LogP contribution in [0.15, 0.2) is 143 Å². The Bertz CT molecular complexity index is 2270. The molecule has 6 aromatic carbocycles. The number of hydrogen-bond acceptors (Lipinski definition) is 4. The molecule has 0 aliphatic heterocycles. The number of fused-ring (bicyclic) bond motifs is 6. The van der Waals surface area contributed by atoms with Crippen molar-refractivity contribution < 1.29 is 4.42 Å². The van der Waals surface area contributed by atoms with E-state index in [0.29, 0.717) is 6.54 Å². The number of benzene rings is 6. The third kappa shape index (κ3) is 4.39. The van der Waals surface area contributed by atoms with Crippen LogP contribution in [0.1, 0.15) is 0 Å². The van der Waals surface area contributed by atoms with Crippen molar-refractivity contribution in [2.45, 2.75) is 0 Å². The van der Waals surface area contributed by atoms with Crippen LogP contribution in [-0.4, -0.2) is 17.3 Å². The van der Waals surface area contributed by atoms with Gasteiger partial charge in [0.05, 0.1) is 34.6 Å². The van der Waals surface area contributed by atoms with E-state index in [1.54, 1.807) is 0 Å². The van der Waals surface area contributed by atoms with Crippen molar-refractivity contribution in [1.82, 2.24) is 4.57 Å². The summed E-state index contributed by atoms with van der Waals surface area (Å²) < 4.78 is 8.62. The second kappa shape index (κ2) is 10.2. The fourth-order valence-electron chi connectivity index (χ4n) is 6.02. The molecule has 8 aromatic rings. The maximum Gasteiger partial charge on any atom is 0.135 e. The lowest BCUT2D eigenvalue weighted by Gasteiger charge is -2.08. The Labute approximate surface area is 248 Å². The molecule has 3 N–H and O–H groups in total. The minimum atomic E-state index is 0.583. The molecule has 0 spiro atoms. The number of nitrogens with zero attached hydrogens (tertiary/aromatic N) is 2. The van der Waals surface area contributed by atoms with E-state index in [1.807, 2.05) is 42.6 Å². The van der Waals surface area contributed by atoms with Crippen LogP contribution in [0.2, 0.25) is 0 Å². The van der Waals surface area contributed by atoms with Crippen LogP contribution < -0.4 is 11.1 Å². The summed E-state index contributed by atoms with van der Waals surface area (Å²) in [4.78, 5) is 4.68.